The van der Waals surface area contributed by atoms with E-state index in [4.69, 9.17) is 9.47 Å². The summed E-state index contributed by atoms with van der Waals surface area (Å²) in [5, 5.41) is 12.4. The average Bonchev–Trinajstić information content (AvgIpc) is 2.60. The summed E-state index contributed by atoms with van der Waals surface area (Å²) in [6.07, 6.45) is 0.304. The second kappa shape index (κ2) is 6.94. The zero-order chi connectivity index (χ0) is 19.0. The molecule has 2 unspecified atom stereocenters. The van der Waals surface area contributed by atoms with Crippen LogP contribution >= 0.6 is 7.14 Å². The molecule has 1 saturated heterocycles. The summed E-state index contributed by atoms with van der Waals surface area (Å²) < 4.78 is 27.3. The third-order valence-electron chi connectivity index (χ3n) is 4.81. The summed E-state index contributed by atoms with van der Waals surface area (Å²) in [6, 6.07) is 18.4. The first kappa shape index (κ1) is 19.3. The van der Waals surface area contributed by atoms with Crippen molar-refractivity contribution < 1.29 is 19.1 Å². The lowest BCUT2D eigenvalue weighted by molar-refractivity contribution is -0.320. The van der Waals surface area contributed by atoms with Crippen molar-refractivity contribution in [3.05, 3.63) is 60.7 Å². The van der Waals surface area contributed by atoms with Crippen molar-refractivity contribution in [3.63, 3.8) is 0 Å². The molecule has 1 heterocycles. The van der Waals surface area contributed by atoms with E-state index in [1.54, 1.807) is 13.8 Å². The zero-order valence-corrected chi connectivity index (χ0v) is 16.6. The molecule has 4 nitrogen and oxygen atoms in total. The molecule has 5 heteroatoms. The van der Waals surface area contributed by atoms with Crippen molar-refractivity contribution in [1.82, 2.24) is 0 Å². The Morgan fingerprint density at radius 2 is 1.31 bits per heavy atom. The van der Waals surface area contributed by atoms with E-state index >= 15 is 0 Å². The van der Waals surface area contributed by atoms with Crippen LogP contribution < -0.4 is 10.6 Å². The highest BCUT2D eigenvalue weighted by Gasteiger charge is 2.64. The van der Waals surface area contributed by atoms with E-state index in [1.807, 2.05) is 74.5 Å². The van der Waals surface area contributed by atoms with Gasteiger partial charge in [-0.15, -0.1) is 0 Å². The SMILES string of the molecule is CC1CC(C)OC(C(C)(C)O)(P(=O)(c2ccccc2)c2ccccc2)O1. The van der Waals surface area contributed by atoms with Crippen molar-refractivity contribution in [2.24, 2.45) is 0 Å². The molecule has 2 atom stereocenters. The number of benzene rings is 2. The van der Waals surface area contributed by atoms with Gasteiger partial charge in [-0.2, -0.15) is 0 Å². The Morgan fingerprint density at radius 1 is 0.923 bits per heavy atom. The number of rotatable bonds is 4. The van der Waals surface area contributed by atoms with Gasteiger partial charge in [0.05, 0.1) is 12.2 Å². The number of ether oxygens (including phenoxy) is 2. The van der Waals surface area contributed by atoms with Gasteiger partial charge in [-0.05, 0) is 34.1 Å². The number of aliphatic hydroxyl groups is 1. The maximum absolute atomic E-state index is 14.8. The summed E-state index contributed by atoms with van der Waals surface area (Å²) in [7, 11) is -3.52. The Morgan fingerprint density at radius 3 is 1.65 bits per heavy atom. The van der Waals surface area contributed by atoms with Gasteiger partial charge in [0.1, 0.15) is 5.60 Å². The van der Waals surface area contributed by atoms with Crippen LogP contribution in [0.3, 0.4) is 0 Å². The molecule has 2 aromatic rings. The first-order valence-electron chi connectivity index (χ1n) is 9.00. The van der Waals surface area contributed by atoms with Gasteiger partial charge in [0.15, 0.2) is 0 Å². The monoisotopic (exact) mass is 374 g/mol. The van der Waals surface area contributed by atoms with Gasteiger partial charge < -0.3 is 19.1 Å². The molecule has 0 bridgehead atoms. The summed E-state index contributed by atoms with van der Waals surface area (Å²) in [4.78, 5) is 0. The quantitative estimate of drug-likeness (QED) is 0.831. The Kier molecular flexibility index (Phi) is 5.15. The van der Waals surface area contributed by atoms with Crippen LogP contribution in [-0.4, -0.2) is 28.4 Å². The van der Waals surface area contributed by atoms with Crippen LogP contribution in [0.1, 0.15) is 34.1 Å². The fraction of sp³-hybridized carbons (Fsp3) is 0.429. The summed E-state index contributed by atoms with van der Waals surface area (Å²) >= 11 is 0. The second-order valence-electron chi connectivity index (χ2n) is 7.51. The predicted octanol–water partition coefficient (Wildman–Crippen LogP) is 3.64. The molecule has 1 aliphatic rings. The van der Waals surface area contributed by atoms with Gasteiger partial charge in [0.25, 0.3) is 5.53 Å². The fourth-order valence-corrected chi connectivity index (χ4v) is 7.31. The molecular weight excluding hydrogens is 347 g/mol. The molecule has 3 rings (SSSR count). The van der Waals surface area contributed by atoms with E-state index in [9.17, 15) is 9.67 Å². The van der Waals surface area contributed by atoms with Crippen molar-refractivity contribution in [2.75, 3.05) is 0 Å². The number of hydrogen-bond donors (Lipinski definition) is 1. The van der Waals surface area contributed by atoms with Crippen LogP contribution in [0.4, 0.5) is 0 Å². The van der Waals surface area contributed by atoms with Crippen molar-refractivity contribution in [3.8, 4) is 0 Å². The Balaban J connectivity index is 2.33. The minimum Gasteiger partial charge on any atom is -0.384 e. The molecule has 0 saturated carbocycles. The highest BCUT2D eigenvalue weighted by atomic mass is 31.2. The van der Waals surface area contributed by atoms with E-state index < -0.39 is 18.3 Å². The van der Waals surface area contributed by atoms with E-state index in [1.165, 1.54) is 0 Å². The molecule has 1 N–H and O–H groups in total. The maximum atomic E-state index is 14.8. The lowest BCUT2D eigenvalue weighted by Gasteiger charge is -2.52. The second-order valence-corrected chi connectivity index (χ2v) is 10.4. The van der Waals surface area contributed by atoms with Gasteiger partial charge in [-0.1, -0.05) is 60.7 Å². The Hall–Kier alpha value is -1.45. The largest absolute Gasteiger partial charge is 0.384 e. The van der Waals surface area contributed by atoms with Crippen molar-refractivity contribution in [2.45, 2.75) is 57.5 Å². The van der Waals surface area contributed by atoms with Crippen molar-refractivity contribution >= 4 is 17.8 Å². The number of hydrogen-bond acceptors (Lipinski definition) is 4. The normalized spacial score (nSPS) is 27.3. The van der Waals surface area contributed by atoms with Gasteiger partial charge in [-0.25, -0.2) is 0 Å². The van der Waals surface area contributed by atoms with Crippen LogP contribution in [-0.2, 0) is 14.0 Å². The molecule has 1 aliphatic heterocycles. The smallest absolute Gasteiger partial charge is 0.260 e. The highest BCUT2D eigenvalue weighted by molar-refractivity contribution is 7.79. The fourth-order valence-electron chi connectivity index (χ4n) is 3.72. The molecule has 0 spiro atoms. The average molecular weight is 374 g/mol. The first-order valence-corrected chi connectivity index (χ1v) is 10.7. The third kappa shape index (κ3) is 3.05. The minimum atomic E-state index is -3.52. The van der Waals surface area contributed by atoms with Crippen LogP contribution in [0.2, 0.25) is 0 Å². The van der Waals surface area contributed by atoms with Gasteiger partial charge in [0.2, 0.25) is 7.14 Å². The first-order chi connectivity index (χ1) is 12.2. The van der Waals surface area contributed by atoms with E-state index in [0.29, 0.717) is 17.0 Å². The maximum Gasteiger partial charge on any atom is 0.260 e. The van der Waals surface area contributed by atoms with Crippen LogP contribution in [0.5, 0.6) is 0 Å². The minimum absolute atomic E-state index is 0.189. The molecule has 2 aromatic carbocycles. The van der Waals surface area contributed by atoms with E-state index in [0.717, 1.165) is 0 Å². The van der Waals surface area contributed by atoms with Gasteiger partial charge in [0, 0.05) is 10.6 Å². The van der Waals surface area contributed by atoms with Crippen LogP contribution in [0.25, 0.3) is 0 Å². The molecule has 0 amide bonds. The molecule has 0 aliphatic carbocycles. The van der Waals surface area contributed by atoms with Crippen LogP contribution in [0.15, 0.2) is 60.7 Å². The standard InChI is InChI=1S/C21H27O4P/c1-16-15-17(2)25-21(24-16,20(3,4)22)26(23,18-11-7-5-8-12-18)19-13-9-6-10-14-19/h5-14,16-17,22H,15H2,1-4H3. The van der Waals surface area contributed by atoms with E-state index in [-0.39, 0.29) is 12.2 Å². The molecular formula is C21H27O4P. The van der Waals surface area contributed by atoms with Gasteiger partial charge >= 0.3 is 0 Å². The lowest BCUT2D eigenvalue weighted by Crippen LogP contribution is -2.62. The molecule has 0 radical (unpaired) electrons. The third-order valence-corrected chi connectivity index (χ3v) is 8.45. The summed E-state index contributed by atoms with van der Waals surface area (Å²) in [5.41, 5.74) is -3.16. The lowest BCUT2D eigenvalue weighted by atomic mass is 10.1. The Labute approximate surface area is 155 Å². The van der Waals surface area contributed by atoms with Crippen molar-refractivity contribution in [1.29, 1.82) is 0 Å². The molecule has 26 heavy (non-hydrogen) atoms. The van der Waals surface area contributed by atoms with E-state index in [2.05, 4.69) is 0 Å². The van der Waals surface area contributed by atoms with Gasteiger partial charge in [-0.3, -0.25) is 0 Å². The Bertz CT molecular complexity index is 729. The summed E-state index contributed by atoms with van der Waals surface area (Å²) in [6.45, 7) is 7.08. The molecule has 0 aromatic heterocycles. The topological polar surface area (TPSA) is 55.8 Å². The van der Waals surface area contributed by atoms with Crippen LogP contribution in [0, 0.1) is 0 Å². The summed E-state index contributed by atoms with van der Waals surface area (Å²) in [5.74, 6) is 0. The molecule has 140 valence electrons. The highest BCUT2D eigenvalue weighted by Crippen LogP contribution is 2.63. The predicted molar refractivity (Wildman–Crippen MR) is 104 cm³/mol. The zero-order valence-electron chi connectivity index (χ0n) is 15.8. The molecule has 1 fully saturated rings.